The van der Waals surface area contributed by atoms with Gasteiger partial charge in [0, 0.05) is 28.8 Å². The second kappa shape index (κ2) is 9.75. The molecule has 142 valence electrons. The molecule has 9 heteroatoms. The van der Waals surface area contributed by atoms with Gasteiger partial charge in [-0.15, -0.1) is 0 Å². The Kier molecular flexibility index (Phi) is 7.68. The Hall–Kier alpha value is -1.83. The summed E-state index contributed by atoms with van der Waals surface area (Å²) in [7, 11) is 0. The Morgan fingerprint density at radius 2 is 2.00 bits per heavy atom. The quantitative estimate of drug-likeness (QED) is 0.682. The maximum Gasteiger partial charge on any atom is 0.307 e. The summed E-state index contributed by atoms with van der Waals surface area (Å²) in [5.74, 6) is -1.07. The molecule has 26 heavy (non-hydrogen) atoms. The minimum absolute atomic E-state index is 0.0384. The summed E-state index contributed by atoms with van der Waals surface area (Å²) >= 11 is 11.8. The Morgan fingerprint density at radius 3 is 2.65 bits per heavy atom. The van der Waals surface area contributed by atoms with Crippen LogP contribution in [-0.4, -0.2) is 55.0 Å². The third kappa shape index (κ3) is 6.16. The van der Waals surface area contributed by atoms with E-state index in [1.165, 1.54) is 0 Å². The average molecular weight is 402 g/mol. The molecule has 2 amide bonds. The molecule has 0 radical (unpaired) electrons. The zero-order valence-corrected chi connectivity index (χ0v) is 15.9. The van der Waals surface area contributed by atoms with Gasteiger partial charge in [0.25, 0.3) is 0 Å². The first kappa shape index (κ1) is 20.5. The monoisotopic (exact) mass is 401 g/mol. The maximum atomic E-state index is 12.3. The number of hydrogen-bond donors (Lipinski definition) is 2. The van der Waals surface area contributed by atoms with Crippen LogP contribution in [0.5, 0.6) is 0 Å². The number of anilines is 1. The molecule has 2 rings (SSSR count). The summed E-state index contributed by atoms with van der Waals surface area (Å²) in [5, 5.41) is 6.21. The summed E-state index contributed by atoms with van der Waals surface area (Å²) in [4.78, 5) is 38.0. The van der Waals surface area contributed by atoms with E-state index in [0.717, 1.165) is 0 Å². The first-order valence-electron chi connectivity index (χ1n) is 8.32. The number of carbonyl (C=O) groups excluding carboxylic acids is 3. The highest BCUT2D eigenvalue weighted by molar-refractivity contribution is 6.35. The van der Waals surface area contributed by atoms with Gasteiger partial charge in [-0.25, -0.2) is 0 Å². The standard InChI is InChI=1S/C17H21Cl2N3O4/c1-2-5-26-16(24)9-14-17(25)20-3-4-22(14)10-15(23)21-13-7-11(18)6-12(19)8-13/h6-8,14H,2-5,9-10H2,1H3,(H,20,25)(H,21,23). The van der Waals surface area contributed by atoms with Gasteiger partial charge in [-0.3, -0.25) is 19.3 Å². The SMILES string of the molecule is CCCOC(=O)CC1C(=O)NCCN1CC(=O)Nc1cc(Cl)cc(Cl)c1. The van der Waals surface area contributed by atoms with E-state index >= 15 is 0 Å². The first-order chi connectivity index (χ1) is 12.4. The molecule has 1 aromatic rings. The Balaban J connectivity index is 1.98. The second-order valence-electron chi connectivity index (χ2n) is 5.91. The van der Waals surface area contributed by atoms with Crippen LogP contribution in [0.1, 0.15) is 19.8 Å². The smallest absolute Gasteiger partial charge is 0.307 e. The lowest BCUT2D eigenvalue weighted by atomic mass is 10.1. The molecule has 0 bridgehead atoms. The number of rotatable bonds is 7. The number of nitrogens with one attached hydrogen (secondary N) is 2. The molecule has 0 aromatic heterocycles. The van der Waals surface area contributed by atoms with Crippen molar-refractivity contribution >= 4 is 46.7 Å². The van der Waals surface area contributed by atoms with Crippen molar-refractivity contribution in [2.75, 3.05) is 31.6 Å². The molecule has 0 aliphatic carbocycles. The summed E-state index contributed by atoms with van der Waals surface area (Å²) in [6.07, 6.45) is 0.610. The van der Waals surface area contributed by atoms with Crippen molar-refractivity contribution in [2.24, 2.45) is 0 Å². The largest absolute Gasteiger partial charge is 0.466 e. The van der Waals surface area contributed by atoms with Crippen LogP contribution in [0.25, 0.3) is 0 Å². The van der Waals surface area contributed by atoms with Crippen LogP contribution in [-0.2, 0) is 19.1 Å². The first-order valence-corrected chi connectivity index (χ1v) is 9.08. The summed E-state index contributed by atoms with van der Waals surface area (Å²) in [6.45, 7) is 3.03. The van der Waals surface area contributed by atoms with Gasteiger partial charge in [-0.2, -0.15) is 0 Å². The number of esters is 1. The number of hydrogen-bond acceptors (Lipinski definition) is 5. The van der Waals surface area contributed by atoms with Gasteiger partial charge >= 0.3 is 5.97 Å². The lowest BCUT2D eigenvalue weighted by Gasteiger charge is -2.33. The van der Waals surface area contributed by atoms with E-state index in [9.17, 15) is 14.4 Å². The number of nitrogens with zero attached hydrogens (tertiary/aromatic N) is 1. The van der Waals surface area contributed by atoms with Gasteiger partial charge in [0.05, 0.1) is 19.6 Å². The maximum absolute atomic E-state index is 12.3. The summed E-state index contributed by atoms with van der Waals surface area (Å²) in [5.41, 5.74) is 0.466. The Bertz CT molecular complexity index is 664. The molecular formula is C17H21Cl2N3O4. The molecule has 1 aromatic carbocycles. The molecule has 0 spiro atoms. The third-order valence-corrected chi connectivity index (χ3v) is 4.20. The Morgan fingerprint density at radius 1 is 1.31 bits per heavy atom. The lowest BCUT2D eigenvalue weighted by molar-refractivity contribution is -0.148. The highest BCUT2D eigenvalue weighted by atomic mass is 35.5. The minimum atomic E-state index is -0.734. The molecule has 1 aliphatic heterocycles. The van der Waals surface area contributed by atoms with Gasteiger partial charge in [0.2, 0.25) is 11.8 Å². The van der Waals surface area contributed by atoms with Crippen molar-refractivity contribution in [3.8, 4) is 0 Å². The van der Waals surface area contributed by atoms with Crippen LogP contribution < -0.4 is 10.6 Å². The van der Waals surface area contributed by atoms with Crippen LogP contribution in [0.15, 0.2) is 18.2 Å². The molecule has 1 heterocycles. The highest BCUT2D eigenvalue weighted by Crippen LogP contribution is 2.22. The number of piperazine rings is 1. The normalized spacial score (nSPS) is 17.5. The van der Waals surface area contributed by atoms with Gasteiger partial charge in [-0.05, 0) is 24.6 Å². The van der Waals surface area contributed by atoms with E-state index in [1.807, 2.05) is 6.92 Å². The van der Waals surface area contributed by atoms with Gasteiger partial charge < -0.3 is 15.4 Å². The average Bonchev–Trinajstić information content (AvgIpc) is 2.55. The lowest BCUT2D eigenvalue weighted by Crippen LogP contribution is -2.57. The third-order valence-electron chi connectivity index (χ3n) is 3.76. The van der Waals surface area contributed by atoms with Crippen molar-refractivity contribution in [3.63, 3.8) is 0 Å². The van der Waals surface area contributed by atoms with Crippen LogP contribution >= 0.6 is 23.2 Å². The topological polar surface area (TPSA) is 87.7 Å². The number of halogens is 2. The van der Waals surface area contributed by atoms with Crippen molar-refractivity contribution in [3.05, 3.63) is 28.2 Å². The fourth-order valence-electron chi connectivity index (χ4n) is 2.62. The van der Waals surface area contributed by atoms with E-state index in [1.54, 1.807) is 23.1 Å². The van der Waals surface area contributed by atoms with Gasteiger partial charge in [0.1, 0.15) is 6.04 Å². The van der Waals surface area contributed by atoms with Crippen molar-refractivity contribution in [1.29, 1.82) is 0 Å². The molecule has 1 saturated heterocycles. The van der Waals surface area contributed by atoms with Crippen LogP contribution in [0.3, 0.4) is 0 Å². The second-order valence-corrected chi connectivity index (χ2v) is 6.78. The predicted octanol–water partition coefficient (Wildman–Crippen LogP) is 2.08. The van der Waals surface area contributed by atoms with Crippen molar-refractivity contribution in [2.45, 2.75) is 25.8 Å². The Labute approximate surface area is 162 Å². The van der Waals surface area contributed by atoms with E-state index in [2.05, 4.69) is 10.6 Å². The summed E-state index contributed by atoms with van der Waals surface area (Å²) < 4.78 is 5.04. The molecule has 0 saturated carbocycles. The van der Waals surface area contributed by atoms with Crippen molar-refractivity contribution in [1.82, 2.24) is 10.2 Å². The molecular weight excluding hydrogens is 381 g/mol. The van der Waals surface area contributed by atoms with E-state index in [0.29, 0.717) is 41.8 Å². The van der Waals surface area contributed by atoms with E-state index in [4.69, 9.17) is 27.9 Å². The zero-order chi connectivity index (χ0) is 19.1. The van der Waals surface area contributed by atoms with Crippen LogP contribution in [0.4, 0.5) is 5.69 Å². The van der Waals surface area contributed by atoms with E-state index in [-0.39, 0.29) is 24.8 Å². The molecule has 1 atom stereocenters. The summed E-state index contributed by atoms with van der Waals surface area (Å²) in [6, 6.07) is 3.98. The van der Waals surface area contributed by atoms with Crippen LogP contribution in [0, 0.1) is 0 Å². The predicted molar refractivity (Wildman–Crippen MR) is 99.3 cm³/mol. The molecule has 7 nitrogen and oxygen atoms in total. The molecule has 2 N–H and O–H groups in total. The minimum Gasteiger partial charge on any atom is -0.466 e. The van der Waals surface area contributed by atoms with Gasteiger partial charge in [0.15, 0.2) is 0 Å². The highest BCUT2D eigenvalue weighted by Gasteiger charge is 2.33. The number of benzene rings is 1. The van der Waals surface area contributed by atoms with E-state index < -0.39 is 12.0 Å². The molecule has 1 aliphatic rings. The number of carbonyl (C=O) groups is 3. The number of ether oxygens (including phenoxy) is 1. The molecule has 1 fully saturated rings. The van der Waals surface area contributed by atoms with Gasteiger partial charge in [-0.1, -0.05) is 30.1 Å². The number of amides is 2. The fraction of sp³-hybridized carbons (Fsp3) is 0.471. The zero-order valence-electron chi connectivity index (χ0n) is 14.4. The molecule has 1 unspecified atom stereocenters. The fourth-order valence-corrected chi connectivity index (χ4v) is 3.14. The van der Waals surface area contributed by atoms with Crippen LogP contribution in [0.2, 0.25) is 10.0 Å². The van der Waals surface area contributed by atoms with Crippen molar-refractivity contribution < 1.29 is 19.1 Å².